The zero-order valence-corrected chi connectivity index (χ0v) is 21.1. The summed E-state index contributed by atoms with van der Waals surface area (Å²) in [5, 5.41) is 0. The van der Waals surface area contributed by atoms with Crippen molar-refractivity contribution in [2.75, 3.05) is 5.75 Å². The summed E-state index contributed by atoms with van der Waals surface area (Å²) in [7, 11) is -3.96. The number of ketones is 1. The van der Waals surface area contributed by atoms with Crippen LogP contribution in [0, 0.1) is 11.6 Å². The summed E-state index contributed by atoms with van der Waals surface area (Å²) in [6.45, 7) is 6.29. The predicted octanol–water partition coefficient (Wildman–Crippen LogP) is 6.39. The van der Waals surface area contributed by atoms with Gasteiger partial charge in [0, 0.05) is 29.0 Å². The van der Waals surface area contributed by atoms with E-state index >= 15 is 0 Å². The van der Waals surface area contributed by atoms with E-state index in [1.165, 1.54) is 33.0 Å². The largest absolute Gasteiger partial charge is 0.412 e. The van der Waals surface area contributed by atoms with Gasteiger partial charge in [0.2, 0.25) is 0 Å². The molecule has 2 aromatic rings. The van der Waals surface area contributed by atoms with Crippen molar-refractivity contribution in [3.63, 3.8) is 0 Å². The molecule has 0 radical (unpaired) electrons. The minimum absolute atomic E-state index is 0.0147. The van der Waals surface area contributed by atoms with Crippen LogP contribution in [0.25, 0.3) is 11.1 Å². The molecule has 0 atom stereocenters. The molecule has 1 aromatic heterocycles. The van der Waals surface area contributed by atoms with E-state index in [1.807, 2.05) is 0 Å². The number of aromatic nitrogens is 1. The van der Waals surface area contributed by atoms with E-state index in [2.05, 4.69) is 9.98 Å². The zero-order valence-electron chi connectivity index (χ0n) is 20.3. The summed E-state index contributed by atoms with van der Waals surface area (Å²) in [6.07, 6.45) is -2.70. The first-order chi connectivity index (χ1) is 16.6. The summed E-state index contributed by atoms with van der Waals surface area (Å²) >= 11 is 0. The van der Waals surface area contributed by atoms with Crippen LogP contribution in [0.15, 0.2) is 63.3 Å². The van der Waals surface area contributed by atoms with Crippen molar-refractivity contribution < 1.29 is 35.2 Å². The Hall–Kier alpha value is -3.21. The lowest BCUT2D eigenvalue weighted by Crippen LogP contribution is -2.15. The predicted molar refractivity (Wildman–Crippen MR) is 127 cm³/mol. The molecule has 11 heteroatoms. The number of hydrogen-bond acceptors (Lipinski definition) is 5. The van der Waals surface area contributed by atoms with E-state index in [9.17, 15) is 35.2 Å². The third-order valence-electron chi connectivity index (χ3n) is 5.34. The molecule has 0 unspecified atom stereocenters. The molecule has 0 aliphatic rings. The molecule has 36 heavy (non-hydrogen) atoms. The Morgan fingerprint density at radius 3 is 2.06 bits per heavy atom. The number of nitrogens with zero attached hydrogens (tertiary/aromatic N) is 2. The van der Waals surface area contributed by atoms with Gasteiger partial charge in [0.05, 0.1) is 22.1 Å². The van der Waals surface area contributed by atoms with Crippen LogP contribution in [-0.2, 0) is 14.6 Å². The Labute approximate surface area is 206 Å². The maximum absolute atomic E-state index is 13.7. The third kappa shape index (κ3) is 6.93. The quantitative estimate of drug-likeness (QED) is 0.172. The Bertz CT molecular complexity index is 1350. The van der Waals surface area contributed by atoms with Crippen molar-refractivity contribution >= 4 is 21.3 Å². The van der Waals surface area contributed by atoms with E-state index in [1.54, 1.807) is 6.92 Å². The number of allylic oxidation sites excluding steroid dienone is 3. The number of hydrogen-bond donors (Lipinski definition) is 0. The molecule has 0 amide bonds. The van der Waals surface area contributed by atoms with E-state index in [-0.39, 0.29) is 50.9 Å². The summed E-state index contributed by atoms with van der Waals surface area (Å²) < 4.78 is 92.8. The first kappa shape index (κ1) is 29.0. The molecule has 0 spiro atoms. The van der Waals surface area contributed by atoms with Crippen LogP contribution in [0.3, 0.4) is 0 Å². The Morgan fingerprint density at radius 1 is 1.00 bits per heavy atom. The molecule has 0 bridgehead atoms. The number of sulfone groups is 1. The lowest BCUT2D eigenvalue weighted by molar-refractivity contribution is -0.113. The van der Waals surface area contributed by atoms with Crippen molar-refractivity contribution in [2.24, 2.45) is 4.99 Å². The molecule has 0 aliphatic carbocycles. The Morgan fingerprint density at radius 2 is 1.58 bits per heavy atom. The topological polar surface area (TPSA) is 76.5 Å². The average Bonchev–Trinajstić information content (AvgIpc) is 2.79. The van der Waals surface area contributed by atoms with E-state index in [0.717, 1.165) is 19.1 Å². The molecular weight excluding hydrogens is 503 g/mol. The molecule has 1 heterocycles. The van der Waals surface area contributed by atoms with Crippen LogP contribution < -0.4 is 0 Å². The molecule has 0 saturated heterocycles. The minimum atomic E-state index is -4.67. The molecule has 0 N–H and O–H groups in total. The molecule has 5 nitrogen and oxygen atoms in total. The number of alkyl halides is 3. The van der Waals surface area contributed by atoms with Crippen LogP contribution in [0.4, 0.5) is 22.0 Å². The second-order valence-corrected chi connectivity index (χ2v) is 10.2. The van der Waals surface area contributed by atoms with E-state index in [0.29, 0.717) is 12.1 Å². The monoisotopic (exact) mass is 528 g/mol. The number of Topliss-reactive ketones (excluding diaryl/α,β-unsaturated/α-hetero) is 1. The van der Waals surface area contributed by atoms with Crippen LogP contribution in [-0.4, -0.2) is 36.8 Å². The normalized spacial score (nSPS) is 14.1. The van der Waals surface area contributed by atoms with Crippen molar-refractivity contribution in [2.45, 2.75) is 52.1 Å². The van der Waals surface area contributed by atoms with E-state index < -0.39 is 39.0 Å². The second-order valence-electron chi connectivity index (χ2n) is 7.94. The molecule has 0 saturated carbocycles. The molecule has 0 fully saturated rings. The van der Waals surface area contributed by atoms with Crippen molar-refractivity contribution in [1.29, 1.82) is 0 Å². The average molecular weight is 529 g/mol. The van der Waals surface area contributed by atoms with Crippen molar-refractivity contribution in [3.05, 3.63) is 70.7 Å². The fraction of sp³-hybridized carbons (Fsp3) is 0.320. The summed E-state index contributed by atoms with van der Waals surface area (Å²) in [5.74, 6) is -2.60. The van der Waals surface area contributed by atoms with Crippen LogP contribution in [0.1, 0.15) is 46.7 Å². The fourth-order valence-corrected chi connectivity index (χ4v) is 4.15. The van der Waals surface area contributed by atoms with Crippen LogP contribution in [0.2, 0.25) is 0 Å². The lowest BCUT2D eigenvalue weighted by atomic mass is 10.1. The number of aliphatic imine (C=N–C) groups is 1. The highest BCUT2D eigenvalue weighted by atomic mass is 32.2. The number of halogens is 5. The third-order valence-corrected chi connectivity index (χ3v) is 7.08. The standard InChI is InChI=1S/C25H25F5N2O3S/c1-6-21(32-22(15(4)16(5)33)8-14(3)25(28,29)30)24-23(36(34,35)7-2)11-18(13-31-24)17-9-19(26)12-20(27)10-17/h8-13H,6-7H2,1-5H3/b14-8+,22-15+,32-21?. The lowest BCUT2D eigenvalue weighted by Gasteiger charge is -2.14. The summed E-state index contributed by atoms with van der Waals surface area (Å²) in [6, 6.07) is 3.88. The number of pyridine rings is 1. The zero-order chi connectivity index (χ0) is 27.4. The molecule has 0 aliphatic heterocycles. The first-order valence-corrected chi connectivity index (χ1v) is 12.5. The highest BCUT2D eigenvalue weighted by Crippen LogP contribution is 2.29. The summed E-state index contributed by atoms with van der Waals surface area (Å²) in [4.78, 5) is 20.0. The Kier molecular flexibility index (Phi) is 9.06. The van der Waals surface area contributed by atoms with Gasteiger partial charge in [-0.3, -0.25) is 14.8 Å². The van der Waals surface area contributed by atoms with Gasteiger partial charge in [0.15, 0.2) is 15.6 Å². The maximum atomic E-state index is 13.7. The van der Waals surface area contributed by atoms with Gasteiger partial charge in [-0.25, -0.2) is 17.2 Å². The second kappa shape index (κ2) is 11.2. The number of benzene rings is 1. The van der Waals surface area contributed by atoms with Gasteiger partial charge in [-0.1, -0.05) is 13.8 Å². The molecule has 2 rings (SSSR count). The van der Waals surface area contributed by atoms with Crippen molar-refractivity contribution in [1.82, 2.24) is 4.98 Å². The van der Waals surface area contributed by atoms with Gasteiger partial charge in [-0.2, -0.15) is 13.2 Å². The number of carbonyl (C=O) groups excluding carboxylic acids is 1. The van der Waals surface area contributed by atoms with Gasteiger partial charge >= 0.3 is 6.18 Å². The van der Waals surface area contributed by atoms with Crippen molar-refractivity contribution in [3.8, 4) is 11.1 Å². The number of carbonyl (C=O) groups is 1. The minimum Gasteiger partial charge on any atom is -0.295 e. The summed E-state index contributed by atoms with van der Waals surface area (Å²) in [5.41, 5.74) is -1.31. The number of rotatable bonds is 8. The highest BCUT2D eigenvalue weighted by Gasteiger charge is 2.30. The molecule has 1 aromatic carbocycles. The van der Waals surface area contributed by atoms with Gasteiger partial charge in [0.25, 0.3) is 0 Å². The van der Waals surface area contributed by atoms with Crippen LogP contribution >= 0.6 is 0 Å². The van der Waals surface area contributed by atoms with E-state index in [4.69, 9.17) is 0 Å². The van der Waals surface area contributed by atoms with Gasteiger partial charge in [-0.05, 0) is 57.0 Å². The molecular formula is C25H25F5N2O3S. The first-order valence-electron chi connectivity index (χ1n) is 10.8. The fourth-order valence-electron chi connectivity index (χ4n) is 3.07. The van der Waals surface area contributed by atoms with Gasteiger partial charge in [0.1, 0.15) is 17.3 Å². The maximum Gasteiger partial charge on any atom is 0.412 e. The molecule has 194 valence electrons. The van der Waals surface area contributed by atoms with Gasteiger partial charge in [-0.15, -0.1) is 0 Å². The SMILES string of the molecule is CCC(=NC(/C=C(\C)C(F)(F)F)=C(\C)C(C)=O)c1ncc(-c2cc(F)cc(F)c2)cc1S(=O)(=O)CC. The van der Waals surface area contributed by atoms with Gasteiger partial charge < -0.3 is 0 Å². The highest BCUT2D eigenvalue weighted by molar-refractivity contribution is 7.91. The van der Waals surface area contributed by atoms with Crippen LogP contribution in [0.5, 0.6) is 0 Å². The Balaban J connectivity index is 2.85. The smallest absolute Gasteiger partial charge is 0.295 e.